The van der Waals surface area contributed by atoms with Gasteiger partial charge in [-0.3, -0.25) is 14.5 Å². The van der Waals surface area contributed by atoms with Crippen molar-refractivity contribution in [1.82, 2.24) is 4.90 Å². The van der Waals surface area contributed by atoms with E-state index in [9.17, 15) is 9.59 Å². The summed E-state index contributed by atoms with van der Waals surface area (Å²) in [6.07, 6.45) is 1.22. The molecule has 0 spiro atoms. The van der Waals surface area contributed by atoms with Crippen molar-refractivity contribution in [1.29, 1.82) is 0 Å². The summed E-state index contributed by atoms with van der Waals surface area (Å²) in [5.74, 6) is -0.138. The minimum Gasteiger partial charge on any atom is -0.477 e. The summed E-state index contributed by atoms with van der Waals surface area (Å²) in [4.78, 5) is 24.9. The van der Waals surface area contributed by atoms with Crippen LogP contribution in [0.25, 0.3) is 0 Å². The van der Waals surface area contributed by atoms with E-state index in [0.717, 1.165) is 12.1 Å². The summed E-state index contributed by atoms with van der Waals surface area (Å²) in [7, 11) is 0. The molecule has 25 heavy (non-hydrogen) atoms. The van der Waals surface area contributed by atoms with Crippen molar-refractivity contribution in [2.24, 2.45) is 5.73 Å². The van der Waals surface area contributed by atoms with Crippen LogP contribution in [-0.2, 0) is 16.1 Å². The quantitative estimate of drug-likeness (QED) is 0.842. The number of carbonyl (C=O) groups is 1. The maximum atomic E-state index is 12.0. The fourth-order valence-electron chi connectivity index (χ4n) is 2.71. The van der Waals surface area contributed by atoms with Gasteiger partial charge in [0.15, 0.2) is 6.61 Å². The SMILES string of the molecule is NC(=O)COc1coc(CN2CCO[C@H](c3ccccc3)C2)cc1=O. The Hall–Kier alpha value is -2.64. The number of hydrogen-bond acceptors (Lipinski definition) is 6. The van der Waals surface area contributed by atoms with Crippen LogP contribution in [-0.4, -0.2) is 37.1 Å². The molecule has 0 radical (unpaired) electrons. The minimum absolute atomic E-state index is 0.000143. The number of morpholine rings is 1. The highest BCUT2D eigenvalue weighted by atomic mass is 16.5. The van der Waals surface area contributed by atoms with Gasteiger partial charge < -0.3 is 19.6 Å². The molecule has 1 amide bonds. The molecule has 132 valence electrons. The number of primary amides is 1. The lowest BCUT2D eigenvalue weighted by molar-refractivity contribution is -0.119. The second-order valence-corrected chi connectivity index (χ2v) is 5.84. The third-order valence-electron chi connectivity index (χ3n) is 3.92. The van der Waals surface area contributed by atoms with Crippen molar-refractivity contribution in [3.8, 4) is 5.75 Å². The normalized spacial score (nSPS) is 18.0. The highest BCUT2D eigenvalue weighted by Crippen LogP contribution is 2.23. The molecule has 3 rings (SSSR count). The summed E-state index contributed by atoms with van der Waals surface area (Å²) in [6.45, 7) is 2.23. The highest BCUT2D eigenvalue weighted by Gasteiger charge is 2.22. The van der Waals surface area contributed by atoms with Crippen LogP contribution in [0.4, 0.5) is 0 Å². The van der Waals surface area contributed by atoms with E-state index in [-0.39, 0.29) is 23.9 Å². The van der Waals surface area contributed by atoms with Crippen LogP contribution in [0.2, 0.25) is 0 Å². The average molecular weight is 344 g/mol. The molecular formula is C18H20N2O5. The van der Waals surface area contributed by atoms with Crippen LogP contribution in [0.3, 0.4) is 0 Å². The van der Waals surface area contributed by atoms with Crippen LogP contribution < -0.4 is 15.9 Å². The molecule has 1 aromatic carbocycles. The molecule has 1 fully saturated rings. The number of benzene rings is 1. The van der Waals surface area contributed by atoms with Gasteiger partial charge in [0, 0.05) is 19.2 Å². The van der Waals surface area contributed by atoms with E-state index in [1.165, 1.54) is 12.3 Å². The molecule has 1 aromatic heterocycles. The molecule has 0 saturated carbocycles. The average Bonchev–Trinajstić information content (AvgIpc) is 2.62. The molecule has 0 aliphatic carbocycles. The smallest absolute Gasteiger partial charge is 0.255 e. The minimum atomic E-state index is -0.649. The van der Waals surface area contributed by atoms with Crippen LogP contribution >= 0.6 is 0 Å². The van der Waals surface area contributed by atoms with Gasteiger partial charge in [0.25, 0.3) is 5.91 Å². The molecule has 1 aliphatic heterocycles. The van der Waals surface area contributed by atoms with Gasteiger partial charge in [-0.05, 0) is 5.56 Å². The first-order valence-electron chi connectivity index (χ1n) is 8.03. The largest absolute Gasteiger partial charge is 0.477 e. The second-order valence-electron chi connectivity index (χ2n) is 5.84. The molecule has 7 heteroatoms. The molecule has 0 bridgehead atoms. The molecule has 1 aliphatic rings. The first-order valence-corrected chi connectivity index (χ1v) is 8.03. The van der Waals surface area contributed by atoms with E-state index in [0.29, 0.717) is 25.5 Å². The molecule has 2 aromatic rings. The predicted molar refractivity (Wildman–Crippen MR) is 90.1 cm³/mol. The second kappa shape index (κ2) is 7.96. The van der Waals surface area contributed by atoms with Gasteiger partial charge in [-0.25, -0.2) is 0 Å². The van der Waals surface area contributed by atoms with Gasteiger partial charge in [-0.15, -0.1) is 0 Å². The lowest BCUT2D eigenvalue weighted by Crippen LogP contribution is -2.37. The molecular weight excluding hydrogens is 324 g/mol. The Balaban J connectivity index is 1.63. The zero-order valence-electron chi connectivity index (χ0n) is 13.7. The lowest BCUT2D eigenvalue weighted by Gasteiger charge is -2.32. The third kappa shape index (κ3) is 4.68. The summed E-state index contributed by atoms with van der Waals surface area (Å²) >= 11 is 0. The topological polar surface area (TPSA) is 95.0 Å². The summed E-state index contributed by atoms with van der Waals surface area (Å²) in [5, 5.41) is 0. The van der Waals surface area contributed by atoms with E-state index in [4.69, 9.17) is 19.6 Å². The van der Waals surface area contributed by atoms with E-state index in [1.807, 2.05) is 30.3 Å². The maximum Gasteiger partial charge on any atom is 0.255 e. The first-order chi connectivity index (χ1) is 12.1. The monoisotopic (exact) mass is 344 g/mol. The number of nitrogens with two attached hydrogens (primary N) is 1. The number of rotatable bonds is 6. The number of ether oxygens (including phenoxy) is 2. The Morgan fingerprint density at radius 2 is 2.12 bits per heavy atom. The van der Waals surface area contributed by atoms with Crippen molar-refractivity contribution in [2.45, 2.75) is 12.6 Å². The fraction of sp³-hybridized carbons (Fsp3) is 0.333. The molecule has 1 saturated heterocycles. The third-order valence-corrected chi connectivity index (χ3v) is 3.92. The Kier molecular flexibility index (Phi) is 5.47. The summed E-state index contributed by atoms with van der Waals surface area (Å²) < 4.78 is 16.3. The Bertz CT molecular complexity index is 775. The van der Waals surface area contributed by atoms with Crippen LogP contribution in [0.5, 0.6) is 5.75 Å². The van der Waals surface area contributed by atoms with E-state index < -0.39 is 5.91 Å². The van der Waals surface area contributed by atoms with Crippen molar-refractivity contribution in [3.05, 3.63) is 64.2 Å². The number of nitrogens with zero attached hydrogens (tertiary/aromatic N) is 1. The van der Waals surface area contributed by atoms with Gasteiger partial charge in [-0.1, -0.05) is 30.3 Å². The van der Waals surface area contributed by atoms with Crippen LogP contribution in [0.1, 0.15) is 17.4 Å². The van der Waals surface area contributed by atoms with Gasteiger partial charge in [0.05, 0.1) is 19.3 Å². The molecule has 2 heterocycles. The van der Waals surface area contributed by atoms with Gasteiger partial charge >= 0.3 is 0 Å². The molecule has 0 unspecified atom stereocenters. The maximum absolute atomic E-state index is 12.0. The van der Waals surface area contributed by atoms with E-state index in [2.05, 4.69) is 4.90 Å². The van der Waals surface area contributed by atoms with Crippen LogP contribution in [0.15, 0.2) is 51.9 Å². The zero-order valence-corrected chi connectivity index (χ0v) is 13.7. The van der Waals surface area contributed by atoms with Crippen molar-refractivity contribution in [2.75, 3.05) is 26.3 Å². The lowest BCUT2D eigenvalue weighted by atomic mass is 10.1. The van der Waals surface area contributed by atoms with Gasteiger partial charge in [0.1, 0.15) is 12.0 Å². The molecule has 7 nitrogen and oxygen atoms in total. The van der Waals surface area contributed by atoms with E-state index >= 15 is 0 Å². The Morgan fingerprint density at radius 3 is 2.84 bits per heavy atom. The van der Waals surface area contributed by atoms with E-state index in [1.54, 1.807) is 0 Å². The van der Waals surface area contributed by atoms with Gasteiger partial charge in [0.2, 0.25) is 11.2 Å². The number of carbonyl (C=O) groups excluding carboxylic acids is 1. The Labute approximate surface area is 144 Å². The van der Waals surface area contributed by atoms with Crippen LogP contribution in [0, 0.1) is 0 Å². The number of amides is 1. The fourth-order valence-corrected chi connectivity index (χ4v) is 2.71. The molecule has 1 atom stereocenters. The number of hydrogen-bond donors (Lipinski definition) is 1. The Morgan fingerprint density at radius 1 is 1.32 bits per heavy atom. The summed E-state index contributed by atoms with van der Waals surface area (Å²) in [6, 6.07) is 11.4. The predicted octanol–water partition coefficient (Wildman–Crippen LogP) is 1.08. The van der Waals surface area contributed by atoms with Crippen molar-refractivity contribution < 1.29 is 18.7 Å². The summed E-state index contributed by atoms with van der Waals surface area (Å²) in [5.41, 5.74) is 5.78. The molecule has 2 N–H and O–H groups in total. The standard InChI is InChI=1S/C18H20N2O5/c19-18(22)12-25-17-11-24-14(8-15(17)21)9-20-6-7-23-16(10-20)13-4-2-1-3-5-13/h1-5,8,11,16H,6-7,9-10,12H2,(H2,19,22)/t16-/m0/s1. The zero-order chi connectivity index (χ0) is 17.6. The van der Waals surface area contributed by atoms with Crippen molar-refractivity contribution >= 4 is 5.91 Å². The first kappa shape index (κ1) is 17.2. The van der Waals surface area contributed by atoms with Gasteiger partial charge in [-0.2, -0.15) is 0 Å². The van der Waals surface area contributed by atoms with Crippen molar-refractivity contribution in [3.63, 3.8) is 0 Å². The highest BCUT2D eigenvalue weighted by molar-refractivity contribution is 5.75.